The lowest BCUT2D eigenvalue weighted by Gasteiger charge is -2.41. The van der Waals surface area contributed by atoms with Gasteiger partial charge >= 0.3 is 0 Å². The van der Waals surface area contributed by atoms with Gasteiger partial charge in [-0.2, -0.15) is 0 Å². The van der Waals surface area contributed by atoms with Gasteiger partial charge in [-0.25, -0.2) is 0 Å². The van der Waals surface area contributed by atoms with E-state index in [0.717, 1.165) is 51.9 Å². The number of hydrogen-bond donors (Lipinski definition) is 0. The zero-order valence-electron chi connectivity index (χ0n) is 16.9. The molecule has 3 saturated heterocycles. The van der Waals surface area contributed by atoms with Crippen molar-refractivity contribution >= 4 is 5.91 Å². The van der Waals surface area contributed by atoms with Gasteiger partial charge in [0.2, 0.25) is 5.91 Å². The van der Waals surface area contributed by atoms with Gasteiger partial charge in [-0.1, -0.05) is 30.3 Å². The van der Waals surface area contributed by atoms with E-state index in [9.17, 15) is 4.79 Å². The second kappa shape index (κ2) is 8.32. The number of amides is 1. The third-order valence-corrected chi connectivity index (χ3v) is 7.15. The van der Waals surface area contributed by atoms with Crippen LogP contribution in [0.15, 0.2) is 30.3 Å². The molecule has 1 aromatic rings. The first-order valence-electron chi connectivity index (χ1n) is 10.9. The van der Waals surface area contributed by atoms with Gasteiger partial charge in [-0.3, -0.25) is 9.69 Å². The Morgan fingerprint density at radius 1 is 1.04 bits per heavy atom. The predicted molar refractivity (Wildman–Crippen MR) is 110 cm³/mol. The van der Waals surface area contributed by atoms with E-state index in [0.29, 0.717) is 11.9 Å². The molecule has 4 rings (SSSR count). The maximum absolute atomic E-state index is 13.4. The first kappa shape index (κ1) is 18.9. The summed E-state index contributed by atoms with van der Waals surface area (Å²) in [7, 11) is 2.22. The first-order valence-corrected chi connectivity index (χ1v) is 10.9. The molecule has 3 aliphatic rings. The fourth-order valence-corrected chi connectivity index (χ4v) is 5.44. The molecular weight excluding hydrogens is 334 g/mol. The summed E-state index contributed by atoms with van der Waals surface area (Å²) in [6.07, 6.45) is 8.03. The number of nitrogens with zero attached hydrogens (tertiary/aromatic N) is 3. The zero-order chi connectivity index (χ0) is 18.7. The molecule has 4 heteroatoms. The Kier molecular flexibility index (Phi) is 5.84. The Morgan fingerprint density at radius 2 is 1.81 bits per heavy atom. The van der Waals surface area contributed by atoms with E-state index in [1.807, 2.05) is 0 Å². The Bertz CT molecular complexity index is 626. The number of aryl methyl sites for hydroxylation is 1. The van der Waals surface area contributed by atoms with Crippen LogP contribution in [0, 0.1) is 5.41 Å². The van der Waals surface area contributed by atoms with Crippen LogP contribution in [0.3, 0.4) is 0 Å². The quantitative estimate of drug-likeness (QED) is 0.798. The Morgan fingerprint density at radius 3 is 2.59 bits per heavy atom. The molecule has 3 fully saturated rings. The van der Waals surface area contributed by atoms with Crippen LogP contribution in [0.4, 0.5) is 0 Å². The third kappa shape index (κ3) is 4.22. The van der Waals surface area contributed by atoms with Crippen LogP contribution in [0.2, 0.25) is 0 Å². The summed E-state index contributed by atoms with van der Waals surface area (Å²) >= 11 is 0. The molecule has 0 N–H and O–H groups in total. The van der Waals surface area contributed by atoms with Gasteiger partial charge in [-0.15, -0.1) is 0 Å². The lowest BCUT2D eigenvalue weighted by Crippen LogP contribution is -2.51. The minimum Gasteiger partial charge on any atom is -0.342 e. The van der Waals surface area contributed by atoms with Crippen molar-refractivity contribution in [2.75, 3.05) is 46.3 Å². The summed E-state index contributed by atoms with van der Waals surface area (Å²) in [5.41, 5.74) is 1.31. The highest BCUT2D eigenvalue weighted by atomic mass is 16.2. The van der Waals surface area contributed by atoms with Gasteiger partial charge < -0.3 is 9.80 Å². The monoisotopic (exact) mass is 369 g/mol. The molecule has 0 bridgehead atoms. The molecule has 3 heterocycles. The van der Waals surface area contributed by atoms with E-state index >= 15 is 0 Å². The number of benzene rings is 1. The number of rotatable bonds is 5. The second-order valence-corrected chi connectivity index (χ2v) is 9.02. The molecule has 1 amide bonds. The maximum Gasteiger partial charge on any atom is 0.230 e. The summed E-state index contributed by atoms with van der Waals surface area (Å²) in [5.74, 6) is 0.456. The summed E-state index contributed by atoms with van der Waals surface area (Å²) < 4.78 is 0. The molecule has 1 atom stereocenters. The highest BCUT2D eigenvalue weighted by Crippen LogP contribution is 2.41. The zero-order valence-corrected chi connectivity index (χ0v) is 16.9. The van der Waals surface area contributed by atoms with Crippen LogP contribution in [-0.4, -0.2) is 73.0 Å². The van der Waals surface area contributed by atoms with Gasteiger partial charge in [0.1, 0.15) is 0 Å². The van der Waals surface area contributed by atoms with E-state index in [-0.39, 0.29) is 5.41 Å². The van der Waals surface area contributed by atoms with Gasteiger partial charge in [0.15, 0.2) is 0 Å². The van der Waals surface area contributed by atoms with Crippen LogP contribution in [-0.2, 0) is 11.2 Å². The normalized spacial score (nSPS) is 28.3. The number of hydrogen-bond acceptors (Lipinski definition) is 3. The van der Waals surface area contributed by atoms with Crippen LogP contribution >= 0.6 is 0 Å². The molecule has 1 aromatic carbocycles. The predicted octanol–water partition coefficient (Wildman–Crippen LogP) is 3.03. The number of piperidine rings is 2. The molecule has 27 heavy (non-hydrogen) atoms. The molecule has 0 unspecified atom stereocenters. The van der Waals surface area contributed by atoms with Crippen molar-refractivity contribution in [2.24, 2.45) is 5.41 Å². The maximum atomic E-state index is 13.4. The van der Waals surface area contributed by atoms with Crippen LogP contribution in [0.25, 0.3) is 0 Å². The molecule has 0 saturated carbocycles. The number of likely N-dealkylation sites (tertiary alicyclic amines) is 3. The molecule has 0 radical (unpaired) electrons. The van der Waals surface area contributed by atoms with Gasteiger partial charge in [0.25, 0.3) is 0 Å². The molecule has 1 spiro atoms. The van der Waals surface area contributed by atoms with Gasteiger partial charge in [0.05, 0.1) is 5.41 Å². The Balaban J connectivity index is 1.31. The van der Waals surface area contributed by atoms with Crippen molar-refractivity contribution in [3.63, 3.8) is 0 Å². The summed E-state index contributed by atoms with van der Waals surface area (Å²) in [6, 6.07) is 11.4. The summed E-state index contributed by atoms with van der Waals surface area (Å²) in [4.78, 5) is 20.6. The van der Waals surface area contributed by atoms with Crippen molar-refractivity contribution in [1.82, 2.24) is 14.7 Å². The molecule has 148 valence electrons. The van der Waals surface area contributed by atoms with Gasteiger partial charge in [0, 0.05) is 25.7 Å². The average Bonchev–Trinajstić information content (AvgIpc) is 3.12. The van der Waals surface area contributed by atoms with E-state index < -0.39 is 0 Å². The standard InChI is InChI=1S/C23H35N3O/c1-24-16-10-21(11-17-24)26-18-13-23(19-26)12-6-15-25(22(23)27)14-5-9-20-7-3-2-4-8-20/h2-4,7-8,21H,5-6,9-19H2,1H3/t23-/m0/s1. The molecule has 0 aromatic heterocycles. The molecule has 4 nitrogen and oxygen atoms in total. The SMILES string of the molecule is CN1CCC(N2CC[C@@]3(CCCN(CCCc4ccccc4)C3=O)C2)CC1. The fourth-order valence-electron chi connectivity index (χ4n) is 5.44. The van der Waals surface area contributed by atoms with Crippen LogP contribution in [0.5, 0.6) is 0 Å². The minimum absolute atomic E-state index is 0.0751. The fraction of sp³-hybridized carbons (Fsp3) is 0.696. The first-order chi connectivity index (χ1) is 13.2. The largest absolute Gasteiger partial charge is 0.342 e. The van der Waals surface area contributed by atoms with E-state index in [1.165, 1.54) is 37.9 Å². The van der Waals surface area contributed by atoms with E-state index in [2.05, 4.69) is 52.1 Å². The average molecular weight is 370 g/mol. The highest BCUT2D eigenvalue weighted by molar-refractivity contribution is 5.84. The van der Waals surface area contributed by atoms with Crippen molar-refractivity contribution in [3.8, 4) is 0 Å². The van der Waals surface area contributed by atoms with Crippen LogP contribution in [0.1, 0.15) is 44.1 Å². The van der Waals surface area contributed by atoms with Crippen LogP contribution < -0.4 is 0 Å². The number of carbonyl (C=O) groups excluding carboxylic acids is 1. The summed E-state index contributed by atoms with van der Waals surface area (Å²) in [6.45, 7) is 6.42. The summed E-state index contributed by atoms with van der Waals surface area (Å²) in [5, 5.41) is 0. The molecule has 3 aliphatic heterocycles. The van der Waals surface area contributed by atoms with Crippen molar-refractivity contribution < 1.29 is 4.79 Å². The van der Waals surface area contributed by atoms with E-state index in [1.54, 1.807) is 0 Å². The second-order valence-electron chi connectivity index (χ2n) is 9.02. The lowest BCUT2D eigenvalue weighted by atomic mass is 9.78. The smallest absolute Gasteiger partial charge is 0.230 e. The van der Waals surface area contributed by atoms with E-state index in [4.69, 9.17) is 0 Å². The third-order valence-electron chi connectivity index (χ3n) is 7.15. The van der Waals surface area contributed by atoms with Gasteiger partial charge in [-0.05, 0) is 77.2 Å². The Hall–Kier alpha value is -1.39. The van der Waals surface area contributed by atoms with Crippen molar-refractivity contribution in [1.29, 1.82) is 0 Å². The molecular formula is C23H35N3O. The topological polar surface area (TPSA) is 26.8 Å². The highest BCUT2D eigenvalue weighted by Gasteiger charge is 2.49. The van der Waals surface area contributed by atoms with Crippen molar-refractivity contribution in [2.45, 2.75) is 51.0 Å². The lowest BCUT2D eigenvalue weighted by molar-refractivity contribution is -0.145. The molecule has 0 aliphatic carbocycles. The van der Waals surface area contributed by atoms with Crippen molar-refractivity contribution in [3.05, 3.63) is 35.9 Å². The minimum atomic E-state index is -0.0751. The number of carbonyl (C=O) groups is 1. The Labute approximate surface area is 164 Å².